The SMILES string of the molecule is CC.CC(C)CCOC1OC(CO)C(O)C(OC2OC(CO)C(O)C(OC3OC(COCC(C)C)C(O)C(O)C3O)C2O)C1O. The molecule has 3 aliphatic rings. The minimum Gasteiger partial charge on any atom is -0.394 e. The molecule has 3 fully saturated rings. The van der Waals surface area contributed by atoms with E-state index in [0.717, 1.165) is 0 Å². The van der Waals surface area contributed by atoms with Crippen LogP contribution in [0.3, 0.4) is 0 Å². The molecule has 3 saturated heterocycles. The summed E-state index contributed by atoms with van der Waals surface area (Å²) < 4.78 is 39.2. The quantitative estimate of drug-likeness (QED) is 0.0913. The van der Waals surface area contributed by atoms with Crippen molar-refractivity contribution in [3.8, 4) is 0 Å². The molecule has 0 aromatic carbocycles. The van der Waals surface area contributed by atoms with E-state index in [1.807, 2.05) is 41.5 Å². The fourth-order valence-electron chi connectivity index (χ4n) is 4.99. The lowest BCUT2D eigenvalue weighted by molar-refractivity contribution is -0.381. The molecule has 9 N–H and O–H groups in total. The molecule has 15 unspecified atom stereocenters. The molecule has 0 aromatic rings. The van der Waals surface area contributed by atoms with Crippen LogP contribution in [0.25, 0.3) is 0 Å². The van der Waals surface area contributed by atoms with E-state index in [-0.39, 0.29) is 25.0 Å². The zero-order chi connectivity index (χ0) is 34.0. The van der Waals surface area contributed by atoms with E-state index < -0.39 is 105 Å². The third-order valence-corrected chi connectivity index (χ3v) is 7.61. The highest BCUT2D eigenvalue weighted by molar-refractivity contribution is 4.96. The van der Waals surface area contributed by atoms with E-state index in [4.69, 9.17) is 33.2 Å². The van der Waals surface area contributed by atoms with Gasteiger partial charge in [0.1, 0.15) is 73.2 Å². The number of rotatable bonds is 14. The summed E-state index contributed by atoms with van der Waals surface area (Å²) in [6.07, 6.45) is -22.8. The Kier molecular flexibility index (Phi) is 17.5. The molecule has 0 bridgehead atoms. The Morgan fingerprint density at radius 2 is 1.02 bits per heavy atom. The molecule has 0 saturated carbocycles. The minimum absolute atomic E-state index is 0.154. The average Bonchev–Trinajstić information content (AvgIpc) is 3.00. The Morgan fingerprint density at radius 1 is 0.556 bits per heavy atom. The summed E-state index contributed by atoms with van der Waals surface area (Å²) in [6, 6.07) is 0. The van der Waals surface area contributed by atoms with Gasteiger partial charge in [0.05, 0.1) is 26.4 Å². The Bertz CT molecular complexity index is 806. The van der Waals surface area contributed by atoms with Crippen molar-refractivity contribution < 1.29 is 79.1 Å². The zero-order valence-corrected chi connectivity index (χ0v) is 26.9. The van der Waals surface area contributed by atoms with Crippen LogP contribution in [0.1, 0.15) is 48.0 Å². The van der Waals surface area contributed by atoms with Gasteiger partial charge in [0.15, 0.2) is 18.9 Å². The standard InChI is InChI=1S/C27H50O16.C2H6/c1-11(2)5-6-38-25-21(35)23(17(31)13(7-28)39-25)43-27-22(36)24(18(32)14(8-29)40-27)42-26-20(34)19(33)16(30)15(41-26)10-37-9-12(3)4;1-2/h11-36H,5-10H2,1-4H3;1-2H3. The predicted octanol–water partition coefficient (Wildman–Crippen LogP) is -2.80. The van der Waals surface area contributed by atoms with Gasteiger partial charge >= 0.3 is 0 Å². The van der Waals surface area contributed by atoms with Crippen LogP contribution in [0.4, 0.5) is 0 Å². The van der Waals surface area contributed by atoms with Crippen molar-refractivity contribution in [2.45, 2.75) is 140 Å². The highest BCUT2D eigenvalue weighted by atomic mass is 16.8. The van der Waals surface area contributed by atoms with E-state index in [9.17, 15) is 46.0 Å². The molecule has 0 aromatic heterocycles. The first-order valence-corrected chi connectivity index (χ1v) is 15.7. The second-order valence-corrected chi connectivity index (χ2v) is 12.1. The molecule has 16 heteroatoms. The van der Waals surface area contributed by atoms with Gasteiger partial charge in [0, 0.05) is 6.61 Å². The Labute approximate surface area is 264 Å². The van der Waals surface area contributed by atoms with Gasteiger partial charge in [0.25, 0.3) is 0 Å². The summed E-state index contributed by atoms with van der Waals surface area (Å²) in [5.41, 5.74) is 0. The topological polar surface area (TPSA) is 247 Å². The maximum absolute atomic E-state index is 11.1. The molecule has 3 aliphatic heterocycles. The van der Waals surface area contributed by atoms with Gasteiger partial charge < -0.3 is 79.1 Å². The van der Waals surface area contributed by atoms with Crippen LogP contribution in [0.15, 0.2) is 0 Å². The fourth-order valence-corrected chi connectivity index (χ4v) is 4.99. The van der Waals surface area contributed by atoms with Crippen molar-refractivity contribution in [1.82, 2.24) is 0 Å². The molecule has 268 valence electrons. The number of ether oxygens (including phenoxy) is 7. The molecule has 3 heterocycles. The Balaban J connectivity index is 0.00000345. The summed E-state index contributed by atoms with van der Waals surface area (Å²) >= 11 is 0. The maximum Gasteiger partial charge on any atom is 0.187 e. The summed E-state index contributed by atoms with van der Waals surface area (Å²) in [6.45, 7) is 10.7. The van der Waals surface area contributed by atoms with Crippen molar-refractivity contribution in [1.29, 1.82) is 0 Å². The largest absolute Gasteiger partial charge is 0.394 e. The molecule has 0 radical (unpaired) electrons. The second kappa shape index (κ2) is 19.4. The number of hydrogen-bond acceptors (Lipinski definition) is 16. The van der Waals surface area contributed by atoms with Crippen LogP contribution >= 0.6 is 0 Å². The molecular weight excluding hydrogens is 604 g/mol. The van der Waals surface area contributed by atoms with Crippen LogP contribution in [0, 0.1) is 11.8 Å². The molecule has 0 aliphatic carbocycles. The number of aliphatic hydroxyl groups excluding tert-OH is 9. The van der Waals surface area contributed by atoms with E-state index in [2.05, 4.69) is 0 Å². The van der Waals surface area contributed by atoms with Gasteiger partial charge in [-0.05, 0) is 18.3 Å². The van der Waals surface area contributed by atoms with Crippen LogP contribution in [-0.2, 0) is 33.2 Å². The summed E-state index contributed by atoms with van der Waals surface area (Å²) in [7, 11) is 0. The van der Waals surface area contributed by atoms with Crippen LogP contribution in [-0.4, -0.2) is 171 Å². The van der Waals surface area contributed by atoms with Crippen molar-refractivity contribution >= 4 is 0 Å². The summed E-state index contributed by atoms with van der Waals surface area (Å²) in [4.78, 5) is 0. The molecule has 16 nitrogen and oxygen atoms in total. The average molecular weight is 661 g/mol. The Hall–Kier alpha value is -0.640. The summed E-state index contributed by atoms with van der Waals surface area (Å²) in [5, 5.41) is 94.6. The van der Waals surface area contributed by atoms with Gasteiger partial charge in [-0.3, -0.25) is 0 Å². The number of hydrogen-bond donors (Lipinski definition) is 9. The molecule has 45 heavy (non-hydrogen) atoms. The predicted molar refractivity (Wildman–Crippen MR) is 154 cm³/mol. The van der Waals surface area contributed by atoms with E-state index >= 15 is 0 Å². The highest BCUT2D eigenvalue weighted by Crippen LogP contribution is 2.33. The van der Waals surface area contributed by atoms with E-state index in [1.54, 1.807) is 0 Å². The zero-order valence-electron chi connectivity index (χ0n) is 26.9. The van der Waals surface area contributed by atoms with E-state index in [1.165, 1.54) is 0 Å². The van der Waals surface area contributed by atoms with Crippen LogP contribution in [0.2, 0.25) is 0 Å². The first-order valence-electron chi connectivity index (χ1n) is 15.7. The first-order chi connectivity index (χ1) is 21.3. The minimum atomic E-state index is -1.86. The third-order valence-electron chi connectivity index (χ3n) is 7.61. The lowest BCUT2D eigenvalue weighted by Crippen LogP contribution is -2.67. The molecule has 15 atom stereocenters. The lowest BCUT2D eigenvalue weighted by Gasteiger charge is -2.48. The van der Waals surface area contributed by atoms with Crippen molar-refractivity contribution in [2.24, 2.45) is 11.8 Å². The number of aliphatic hydroxyl groups is 9. The maximum atomic E-state index is 11.1. The molecule has 0 spiro atoms. The molecule has 0 amide bonds. The van der Waals surface area contributed by atoms with Crippen LogP contribution < -0.4 is 0 Å². The normalized spacial score (nSPS) is 42.5. The monoisotopic (exact) mass is 660 g/mol. The smallest absolute Gasteiger partial charge is 0.187 e. The summed E-state index contributed by atoms with van der Waals surface area (Å²) in [5.74, 6) is 0.459. The van der Waals surface area contributed by atoms with Crippen molar-refractivity contribution in [2.75, 3.05) is 33.0 Å². The third kappa shape index (κ3) is 10.7. The Morgan fingerprint density at radius 3 is 1.51 bits per heavy atom. The van der Waals surface area contributed by atoms with Gasteiger partial charge in [-0.1, -0.05) is 41.5 Å². The molecular formula is C29H56O16. The van der Waals surface area contributed by atoms with E-state index in [0.29, 0.717) is 13.0 Å². The van der Waals surface area contributed by atoms with Gasteiger partial charge in [-0.2, -0.15) is 0 Å². The van der Waals surface area contributed by atoms with Crippen molar-refractivity contribution in [3.05, 3.63) is 0 Å². The highest BCUT2D eigenvalue weighted by Gasteiger charge is 2.53. The molecule has 3 rings (SSSR count). The van der Waals surface area contributed by atoms with Gasteiger partial charge in [-0.15, -0.1) is 0 Å². The van der Waals surface area contributed by atoms with Gasteiger partial charge in [-0.25, -0.2) is 0 Å². The lowest BCUT2D eigenvalue weighted by atomic mass is 9.96. The van der Waals surface area contributed by atoms with Gasteiger partial charge in [0.2, 0.25) is 0 Å². The van der Waals surface area contributed by atoms with Crippen LogP contribution in [0.5, 0.6) is 0 Å². The first kappa shape index (κ1) is 40.5. The fraction of sp³-hybridized carbons (Fsp3) is 1.00. The second-order valence-electron chi connectivity index (χ2n) is 12.1. The van der Waals surface area contributed by atoms with Crippen molar-refractivity contribution in [3.63, 3.8) is 0 Å².